The van der Waals surface area contributed by atoms with Gasteiger partial charge in [-0.05, 0) is 62.4 Å². The van der Waals surface area contributed by atoms with Gasteiger partial charge >= 0.3 is 0 Å². The van der Waals surface area contributed by atoms with Gasteiger partial charge in [-0.25, -0.2) is 0 Å². The molecule has 0 aliphatic carbocycles. The van der Waals surface area contributed by atoms with Crippen molar-refractivity contribution >= 4 is 19.9 Å². The zero-order valence-electron chi connectivity index (χ0n) is 16.7. The average molecular weight is 392 g/mol. The summed E-state index contributed by atoms with van der Waals surface area (Å²) >= 11 is 0. The van der Waals surface area contributed by atoms with Gasteiger partial charge < -0.3 is 19.5 Å². The van der Waals surface area contributed by atoms with E-state index in [0.717, 1.165) is 31.5 Å². The second-order valence-corrected chi connectivity index (χ2v) is 12.6. The number of carbonyl (C=O) groups is 1. The number of amides is 1. The van der Waals surface area contributed by atoms with Gasteiger partial charge in [0.25, 0.3) is 0 Å². The summed E-state index contributed by atoms with van der Waals surface area (Å²) in [6.45, 7) is 7.03. The van der Waals surface area contributed by atoms with E-state index in [1.54, 1.807) is 0 Å². The Morgan fingerprint density at radius 3 is 2.67 bits per heavy atom. The summed E-state index contributed by atoms with van der Waals surface area (Å²) < 4.78 is 6.27. The fourth-order valence-corrected chi connectivity index (χ4v) is 7.57. The van der Waals surface area contributed by atoms with Crippen molar-refractivity contribution in [3.8, 4) is 0 Å². The first-order chi connectivity index (χ1) is 12.8. The monoisotopic (exact) mass is 391 g/mol. The fraction of sp³-hybridized carbons (Fsp3) is 0.667. The lowest BCUT2D eigenvalue weighted by Crippen LogP contribution is -2.40. The highest BCUT2D eigenvalue weighted by Gasteiger charge is 2.49. The third kappa shape index (κ3) is 4.62. The molecule has 27 heavy (non-hydrogen) atoms. The first kappa shape index (κ1) is 20.5. The van der Waals surface area contributed by atoms with Crippen LogP contribution in [0, 0.1) is 5.92 Å². The molecule has 1 amide bonds. The summed E-state index contributed by atoms with van der Waals surface area (Å²) in [5, 5.41) is 9.37. The van der Waals surface area contributed by atoms with Crippen molar-refractivity contribution in [1.82, 2.24) is 0 Å². The van der Waals surface area contributed by atoms with Crippen LogP contribution in [0.5, 0.6) is 0 Å². The standard InChI is InChI=1S/C21H33NO4Si/c1-15-18(26-19(11-13-23)21(15)27(2,3)25)10-9-16-6-4-7-17(14-16)22-12-5-8-20(22)24/h4,6-7,14-15,18-19,21,23,25H,5,8-13H2,1-3H3/t15-,18+,19-,21+/m1/s1. The summed E-state index contributed by atoms with van der Waals surface area (Å²) in [5.74, 6) is 0.501. The molecule has 2 aliphatic rings. The van der Waals surface area contributed by atoms with Crippen molar-refractivity contribution in [2.24, 2.45) is 5.92 Å². The second kappa shape index (κ2) is 8.43. The van der Waals surface area contributed by atoms with Crippen LogP contribution in [0.2, 0.25) is 18.6 Å². The number of benzene rings is 1. The summed E-state index contributed by atoms with van der Waals surface area (Å²) in [5.41, 5.74) is 2.36. The molecule has 0 aromatic heterocycles. The van der Waals surface area contributed by atoms with Crippen LogP contribution in [0.3, 0.4) is 0 Å². The quantitative estimate of drug-likeness (QED) is 0.701. The predicted molar refractivity (Wildman–Crippen MR) is 109 cm³/mol. The molecule has 0 unspecified atom stereocenters. The van der Waals surface area contributed by atoms with E-state index in [0.29, 0.717) is 12.8 Å². The Morgan fingerprint density at radius 2 is 2.04 bits per heavy atom. The van der Waals surface area contributed by atoms with E-state index in [-0.39, 0.29) is 36.2 Å². The fourth-order valence-electron chi connectivity index (χ4n) is 4.92. The molecular formula is C21H33NO4Si. The Morgan fingerprint density at radius 1 is 1.26 bits per heavy atom. The molecule has 2 aliphatic heterocycles. The number of aryl methyl sites for hydroxylation is 1. The molecule has 0 saturated carbocycles. The van der Waals surface area contributed by atoms with E-state index in [4.69, 9.17) is 4.74 Å². The molecule has 1 aromatic rings. The molecule has 4 atom stereocenters. The van der Waals surface area contributed by atoms with Gasteiger partial charge in [-0.3, -0.25) is 4.79 Å². The van der Waals surface area contributed by atoms with Crippen LogP contribution in [0.15, 0.2) is 24.3 Å². The van der Waals surface area contributed by atoms with Crippen LogP contribution >= 0.6 is 0 Å². The minimum atomic E-state index is -2.35. The number of carbonyl (C=O) groups excluding carboxylic acids is 1. The zero-order valence-corrected chi connectivity index (χ0v) is 17.7. The summed E-state index contributed by atoms with van der Waals surface area (Å²) in [6, 6.07) is 8.26. The Bertz CT molecular complexity index is 660. The molecule has 3 rings (SSSR count). The lowest BCUT2D eigenvalue weighted by atomic mass is 9.95. The number of rotatable bonds is 7. The van der Waals surface area contributed by atoms with Crippen molar-refractivity contribution in [2.45, 2.75) is 69.9 Å². The van der Waals surface area contributed by atoms with Crippen molar-refractivity contribution in [3.63, 3.8) is 0 Å². The molecule has 2 heterocycles. The molecule has 0 spiro atoms. The first-order valence-electron chi connectivity index (χ1n) is 10.2. The van der Waals surface area contributed by atoms with Gasteiger partial charge in [-0.2, -0.15) is 0 Å². The number of hydrogen-bond acceptors (Lipinski definition) is 4. The number of anilines is 1. The minimum Gasteiger partial charge on any atom is -0.432 e. The van der Waals surface area contributed by atoms with Gasteiger partial charge in [-0.15, -0.1) is 0 Å². The molecule has 5 nitrogen and oxygen atoms in total. The van der Waals surface area contributed by atoms with Crippen LogP contribution in [0.4, 0.5) is 5.69 Å². The number of aliphatic hydroxyl groups is 1. The Hall–Kier alpha value is -1.21. The average Bonchev–Trinajstić information content (AvgIpc) is 3.16. The largest absolute Gasteiger partial charge is 0.432 e. The third-order valence-corrected chi connectivity index (χ3v) is 8.67. The summed E-state index contributed by atoms with van der Waals surface area (Å²) in [6.07, 6.45) is 4.00. The smallest absolute Gasteiger partial charge is 0.227 e. The van der Waals surface area contributed by atoms with E-state index in [9.17, 15) is 14.7 Å². The number of hydrogen-bond donors (Lipinski definition) is 2. The van der Waals surface area contributed by atoms with Gasteiger partial charge in [0, 0.05) is 30.8 Å². The van der Waals surface area contributed by atoms with Crippen LogP contribution < -0.4 is 4.90 Å². The van der Waals surface area contributed by atoms with Crippen molar-refractivity contribution in [2.75, 3.05) is 18.1 Å². The first-order valence-corrected chi connectivity index (χ1v) is 13.2. The summed E-state index contributed by atoms with van der Waals surface area (Å²) in [7, 11) is -2.35. The summed E-state index contributed by atoms with van der Waals surface area (Å²) in [4.78, 5) is 24.6. The maximum Gasteiger partial charge on any atom is 0.227 e. The maximum absolute atomic E-state index is 12.0. The van der Waals surface area contributed by atoms with Gasteiger partial charge in [0.1, 0.15) is 0 Å². The van der Waals surface area contributed by atoms with Gasteiger partial charge in [0.05, 0.1) is 12.2 Å². The number of ether oxygens (including phenoxy) is 1. The lowest BCUT2D eigenvalue weighted by molar-refractivity contribution is -0.117. The van der Waals surface area contributed by atoms with Crippen LogP contribution in [0.25, 0.3) is 0 Å². The predicted octanol–water partition coefficient (Wildman–Crippen LogP) is 3.10. The third-order valence-electron chi connectivity index (χ3n) is 6.15. The van der Waals surface area contributed by atoms with Crippen molar-refractivity contribution < 1.29 is 19.4 Å². The maximum atomic E-state index is 12.0. The van der Waals surface area contributed by atoms with Crippen LogP contribution in [-0.4, -0.2) is 49.5 Å². The number of nitrogens with zero attached hydrogens (tertiary/aromatic N) is 1. The SMILES string of the molecule is C[C@H]1[C@H]([Si](C)(C)O)[C@@H](CCO)O[C@H]1CCc1cccc(N2CCCC2=O)c1. The Kier molecular flexibility index (Phi) is 6.41. The molecule has 6 heteroatoms. The Labute approximate surface area is 163 Å². The normalized spacial score (nSPS) is 28.9. The van der Waals surface area contributed by atoms with Crippen molar-refractivity contribution in [3.05, 3.63) is 29.8 Å². The molecule has 0 bridgehead atoms. The zero-order chi connectivity index (χ0) is 19.6. The molecule has 150 valence electrons. The topological polar surface area (TPSA) is 70.0 Å². The van der Waals surface area contributed by atoms with E-state index in [2.05, 4.69) is 19.1 Å². The van der Waals surface area contributed by atoms with E-state index in [1.165, 1.54) is 5.56 Å². The molecule has 0 radical (unpaired) electrons. The van der Waals surface area contributed by atoms with Crippen LogP contribution in [0.1, 0.15) is 38.2 Å². The molecular weight excluding hydrogens is 358 g/mol. The van der Waals surface area contributed by atoms with Crippen molar-refractivity contribution in [1.29, 1.82) is 0 Å². The highest BCUT2D eigenvalue weighted by molar-refractivity contribution is 6.71. The lowest BCUT2D eigenvalue weighted by Gasteiger charge is -2.30. The highest BCUT2D eigenvalue weighted by atomic mass is 28.4. The molecule has 1 aromatic carbocycles. The minimum absolute atomic E-state index is 0.0461. The van der Waals surface area contributed by atoms with Gasteiger partial charge in [-0.1, -0.05) is 19.1 Å². The molecule has 2 saturated heterocycles. The van der Waals surface area contributed by atoms with Crippen LogP contribution in [-0.2, 0) is 16.0 Å². The van der Waals surface area contributed by atoms with Gasteiger partial charge in [0.2, 0.25) is 5.91 Å². The number of aliphatic hydroxyl groups excluding tert-OH is 1. The van der Waals surface area contributed by atoms with E-state index in [1.807, 2.05) is 30.1 Å². The van der Waals surface area contributed by atoms with Gasteiger partial charge in [0.15, 0.2) is 8.32 Å². The second-order valence-electron chi connectivity index (χ2n) is 8.62. The Balaban J connectivity index is 1.65. The molecule has 2 fully saturated rings. The molecule has 2 N–H and O–H groups in total. The highest BCUT2D eigenvalue weighted by Crippen LogP contribution is 2.45. The van der Waals surface area contributed by atoms with E-state index < -0.39 is 8.32 Å². The van der Waals surface area contributed by atoms with E-state index >= 15 is 0 Å².